The lowest BCUT2D eigenvalue weighted by atomic mass is 10.2. The van der Waals surface area contributed by atoms with E-state index in [4.69, 9.17) is 16.3 Å². The third kappa shape index (κ3) is 3.23. The molecule has 0 aliphatic heterocycles. The van der Waals surface area contributed by atoms with Crippen LogP contribution in [0, 0.1) is 10.1 Å². The maximum atomic E-state index is 10.7. The molecule has 0 amide bonds. The molecule has 1 heterocycles. The molecule has 0 aliphatic carbocycles. The second kappa shape index (κ2) is 5.85. The molecule has 0 radical (unpaired) electrons. The van der Waals surface area contributed by atoms with Crippen LogP contribution in [0.15, 0.2) is 36.5 Å². The zero-order chi connectivity index (χ0) is 14.7. The number of aliphatic hydroxyl groups is 1. The van der Waals surface area contributed by atoms with Gasteiger partial charge in [-0.1, -0.05) is 11.6 Å². The first-order valence-corrected chi connectivity index (χ1v) is 6.11. The number of hydrogen-bond acceptors (Lipinski definition) is 5. The quantitative estimate of drug-likeness (QED) is 0.689. The highest BCUT2D eigenvalue weighted by atomic mass is 35.5. The van der Waals surface area contributed by atoms with E-state index in [-0.39, 0.29) is 16.5 Å². The first kappa shape index (κ1) is 14.2. The molecular formula is C13H11ClN2O4. The molecule has 6 nitrogen and oxygen atoms in total. The first-order chi connectivity index (χ1) is 9.47. The van der Waals surface area contributed by atoms with Crippen molar-refractivity contribution in [3.63, 3.8) is 0 Å². The maximum Gasteiger partial charge on any atom is 0.273 e. The van der Waals surface area contributed by atoms with Gasteiger partial charge in [-0.15, -0.1) is 0 Å². The minimum absolute atomic E-state index is 0.113. The molecule has 2 aromatic rings. The van der Waals surface area contributed by atoms with E-state index in [0.29, 0.717) is 11.4 Å². The van der Waals surface area contributed by atoms with Gasteiger partial charge in [0.2, 0.25) is 0 Å². The molecule has 0 aliphatic rings. The Morgan fingerprint density at radius 2 is 2.15 bits per heavy atom. The highest BCUT2D eigenvalue weighted by molar-refractivity contribution is 6.32. The van der Waals surface area contributed by atoms with Gasteiger partial charge in [-0.2, -0.15) is 0 Å². The molecule has 0 saturated heterocycles. The van der Waals surface area contributed by atoms with Crippen molar-refractivity contribution in [2.45, 2.75) is 13.0 Å². The number of benzene rings is 1. The number of rotatable bonds is 4. The van der Waals surface area contributed by atoms with Crippen LogP contribution in [0.4, 0.5) is 5.69 Å². The highest BCUT2D eigenvalue weighted by Crippen LogP contribution is 2.32. The molecule has 0 fully saturated rings. The van der Waals surface area contributed by atoms with E-state index in [2.05, 4.69) is 4.98 Å². The number of hydrogen-bond donors (Lipinski definition) is 1. The van der Waals surface area contributed by atoms with Crippen LogP contribution in [0.1, 0.15) is 18.7 Å². The molecule has 0 saturated carbocycles. The Morgan fingerprint density at radius 1 is 1.40 bits per heavy atom. The number of halogens is 1. The molecule has 0 bridgehead atoms. The van der Waals surface area contributed by atoms with Crippen molar-refractivity contribution in [1.29, 1.82) is 0 Å². The number of ether oxygens (including phenoxy) is 1. The van der Waals surface area contributed by atoms with Crippen molar-refractivity contribution in [3.05, 3.63) is 57.4 Å². The predicted octanol–water partition coefficient (Wildman–Crippen LogP) is 3.49. The van der Waals surface area contributed by atoms with Gasteiger partial charge in [0.25, 0.3) is 5.69 Å². The lowest BCUT2D eigenvalue weighted by Crippen LogP contribution is -1.95. The second-order valence-electron chi connectivity index (χ2n) is 4.07. The largest absolute Gasteiger partial charge is 0.454 e. The average Bonchev–Trinajstić information content (AvgIpc) is 2.41. The molecule has 20 heavy (non-hydrogen) atoms. The van der Waals surface area contributed by atoms with Gasteiger partial charge in [-0.05, 0) is 25.1 Å². The maximum absolute atomic E-state index is 10.7. The van der Waals surface area contributed by atoms with E-state index >= 15 is 0 Å². The molecule has 1 unspecified atom stereocenters. The Bertz CT molecular complexity index is 629. The van der Waals surface area contributed by atoms with Gasteiger partial charge in [-0.3, -0.25) is 15.1 Å². The molecular weight excluding hydrogens is 284 g/mol. The van der Waals surface area contributed by atoms with Gasteiger partial charge >= 0.3 is 0 Å². The van der Waals surface area contributed by atoms with E-state index in [0.717, 1.165) is 0 Å². The molecule has 2 rings (SSSR count). The van der Waals surface area contributed by atoms with Crippen LogP contribution < -0.4 is 4.74 Å². The highest BCUT2D eigenvalue weighted by Gasteiger charge is 2.12. The molecule has 1 aromatic carbocycles. The lowest BCUT2D eigenvalue weighted by molar-refractivity contribution is -0.384. The predicted molar refractivity (Wildman–Crippen MR) is 73.1 cm³/mol. The van der Waals surface area contributed by atoms with Crippen LogP contribution in [-0.4, -0.2) is 15.0 Å². The monoisotopic (exact) mass is 294 g/mol. The summed E-state index contributed by atoms with van der Waals surface area (Å²) in [5.41, 5.74) is 0.389. The van der Waals surface area contributed by atoms with Crippen molar-refractivity contribution < 1.29 is 14.8 Å². The van der Waals surface area contributed by atoms with E-state index in [1.54, 1.807) is 19.1 Å². The van der Waals surface area contributed by atoms with Crippen molar-refractivity contribution in [3.8, 4) is 11.5 Å². The molecule has 0 spiro atoms. The number of aliphatic hydroxyl groups excluding tert-OH is 1. The summed E-state index contributed by atoms with van der Waals surface area (Å²) in [6, 6.07) is 7.14. The third-order valence-electron chi connectivity index (χ3n) is 2.54. The zero-order valence-corrected chi connectivity index (χ0v) is 11.2. The fourth-order valence-electron chi connectivity index (χ4n) is 1.51. The Labute approximate surface area is 119 Å². The molecule has 1 N–H and O–H groups in total. The number of pyridine rings is 1. The minimum atomic E-state index is -0.676. The fourth-order valence-corrected chi connectivity index (χ4v) is 1.67. The van der Waals surface area contributed by atoms with Crippen molar-refractivity contribution in [2.75, 3.05) is 0 Å². The van der Waals surface area contributed by atoms with Crippen LogP contribution in [0.2, 0.25) is 5.02 Å². The molecule has 104 valence electrons. The summed E-state index contributed by atoms with van der Waals surface area (Å²) >= 11 is 5.92. The fraction of sp³-hybridized carbons (Fsp3) is 0.154. The van der Waals surface area contributed by atoms with Crippen molar-refractivity contribution in [2.24, 2.45) is 0 Å². The van der Waals surface area contributed by atoms with Gasteiger partial charge in [0.15, 0.2) is 5.75 Å². The Morgan fingerprint density at radius 3 is 2.70 bits per heavy atom. The van der Waals surface area contributed by atoms with Gasteiger partial charge in [0, 0.05) is 6.07 Å². The Balaban J connectivity index is 2.25. The average molecular weight is 295 g/mol. The zero-order valence-electron chi connectivity index (χ0n) is 10.5. The van der Waals surface area contributed by atoms with Crippen LogP contribution in [0.25, 0.3) is 0 Å². The van der Waals surface area contributed by atoms with Crippen LogP contribution in [0.3, 0.4) is 0 Å². The molecule has 1 atom stereocenters. The van der Waals surface area contributed by atoms with E-state index in [1.165, 1.54) is 24.4 Å². The summed E-state index contributed by atoms with van der Waals surface area (Å²) in [6.07, 6.45) is 0.738. The summed E-state index contributed by atoms with van der Waals surface area (Å²) in [7, 11) is 0. The SMILES string of the molecule is CC(O)c1ccc(Oc2cc([N+](=O)[O-])ccc2Cl)cn1. The normalized spacial score (nSPS) is 11.9. The van der Waals surface area contributed by atoms with Crippen molar-refractivity contribution >= 4 is 17.3 Å². The summed E-state index contributed by atoms with van der Waals surface area (Å²) < 4.78 is 5.45. The number of aromatic nitrogens is 1. The van der Waals surface area contributed by atoms with Crippen LogP contribution >= 0.6 is 11.6 Å². The van der Waals surface area contributed by atoms with Crippen LogP contribution in [0.5, 0.6) is 11.5 Å². The Kier molecular flexibility index (Phi) is 4.16. The van der Waals surface area contributed by atoms with Gasteiger partial charge in [-0.25, -0.2) is 0 Å². The number of nitrogens with zero attached hydrogens (tertiary/aromatic N) is 2. The number of non-ortho nitro benzene ring substituents is 1. The second-order valence-corrected chi connectivity index (χ2v) is 4.48. The molecule has 7 heteroatoms. The number of nitro benzene ring substituents is 1. The summed E-state index contributed by atoms with van der Waals surface area (Å²) in [4.78, 5) is 14.2. The first-order valence-electron chi connectivity index (χ1n) is 5.73. The van der Waals surface area contributed by atoms with E-state index in [1.807, 2.05) is 0 Å². The summed E-state index contributed by atoms with van der Waals surface area (Å²) in [5.74, 6) is 0.546. The Hall–Kier alpha value is -2.18. The standard InChI is InChI=1S/C13H11ClN2O4/c1-8(17)12-5-3-10(7-15-12)20-13-6-9(16(18)19)2-4-11(13)14/h2-8,17H,1H3. The van der Waals surface area contributed by atoms with Crippen LogP contribution in [-0.2, 0) is 0 Å². The summed E-state index contributed by atoms with van der Waals surface area (Å²) in [6.45, 7) is 1.60. The van der Waals surface area contributed by atoms with Gasteiger partial charge in [0.1, 0.15) is 5.75 Å². The molecule has 1 aromatic heterocycles. The number of nitro groups is 1. The van der Waals surface area contributed by atoms with E-state index in [9.17, 15) is 15.2 Å². The topological polar surface area (TPSA) is 85.5 Å². The van der Waals surface area contributed by atoms with Gasteiger partial charge < -0.3 is 9.84 Å². The lowest BCUT2D eigenvalue weighted by Gasteiger charge is -2.08. The van der Waals surface area contributed by atoms with E-state index < -0.39 is 11.0 Å². The summed E-state index contributed by atoms with van der Waals surface area (Å²) in [5, 5.41) is 20.3. The van der Waals surface area contributed by atoms with Gasteiger partial charge in [0.05, 0.1) is 34.0 Å². The van der Waals surface area contributed by atoms with Crippen molar-refractivity contribution in [1.82, 2.24) is 4.98 Å². The third-order valence-corrected chi connectivity index (χ3v) is 2.85. The smallest absolute Gasteiger partial charge is 0.273 e. The minimum Gasteiger partial charge on any atom is -0.454 e.